The molecule has 0 aliphatic carbocycles. The lowest BCUT2D eigenvalue weighted by atomic mass is 9.99. The first kappa shape index (κ1) is 31.1. The Kier molecular flexibility index (Phi) is 8.65. The number of halogens is 3. The van der Waals surface area contributed by atoms with Crippen molar-refractivity contribution in [1.29, 1.82) is 0 Å². The first-order valence-corrected chi connectivity index (χ1v) is 14.8. The third kappa shape index (κ3) is 6.26. The molecule has 1 aliphatic rings. The monoisotopic (exact) mass is 647 g/mol. The summed E-state index contributed by atoms with van der Waals surface area (Å²) in [4.78, 5) is 36.5. The molecule has 4 heterocycles. The second kappa shape index (κ2) is 12.8. The molecule has 10 nitrogen and oxygen atoms in total. The van der Waals surface area contributed by atoms with Crippen molar-refractivity contribution >= 4 is 34.5 Å². The van der Waals surface area contributed by atoms with Gasteiger partial charge in [0.25, 0.3) is 5.91 Å². The van der Waals surface area contributed by atoms with Gasteiger partial charge < -0.3 is 24.5 Å². The van der Waals surface area contributed by atoms with E-state index in [1.54, 1.807) is 28.8 Å². The maximum absolute atomic E-state index is 15.7. The molecule has 0 spiro atoms. The van der Waals surface area contributed by atoms with Crippen LogP contribution in [0.5, 0.6) is 5.88 Å². The number of nitrogens with zero attached hydrogens (tertiary/aromatic N) is 4. The first-order valence-electron chi connectivity index (χ1n) is 14.4. The van der Waals surface area contributed by atoms with E-state index in [0.717, 1.165) is 18.1 Å². The van der Waals surface area contributed by atoms with Gasteiger partial charge in [-0.1, -0.05) is 23.7 Å². The van der Waals surface area contributed by atoms with Crippen molar-refractivity contribution in [2.45, 2.75) is 39.0 Å². The number of aryl methyl sites for hydroxylation is 1. The molecule has 6 rings (SSSR count). The fourth-order valence-corrected chi connectivity index (χ4v) is 5.47. The van der Waals surface area contributed by atoms with Gasteiger partial charge in [-0.3, -0.25) is 9.78 Å². The van der Waals surface area contributed by atoms with Crippen LogP contribution in [0.2, 0.25) is 5.02 Å². The Balaban J connectivity index is 1.25. The summed E-state index contributed by atoms with van der Waals surface area (Å²) in [7, 11) is 1.50. The van der Waals surface area contributed by atoms with Gasteiger partial charge in [-0.15, -0.1) is 0 Å². The van der Waals surface area contributed by atoms with Crippen LogP contribution >= 0.6 is 11.6 Å². The predicted molar refractivity (Wildman–Crippen MR) is 165 cm³/mol. The Labute approximate surface area is 267 Å². The lowest BCUT2D eigenvalue weighted by Gasteiger charge is -2.27. The maximum atomic E-state index is 15.7. The van der Waals surface area contributed by atoms with Crippen LogP contribution in [0.3, 0.4) is 0 Å². The number of imidazole rings is 1. The molecule has 46 heavy (non-hydrogen) atoms. The number of nitrogens with one attached hydrogen (secondary N) is 1. The summed E-state index contributed by atoms with van der Waals surface area (Å²) in [6, 6.07) is 12.0. The Hall–Kier alpha value is -4.94. The zero-order valence-electron chi connectivity index (χ0n) is 24.8. The predicted octanol–water partition coefficient (Wildman–Crippen LogP) is 5.75. The molecule has 3 aromatic heterocycles. The third-order valence-electron chi connectivity index (χ3n) is 7.82. The molecule has 0 saturated carbocycles. The van der Waals surface area contributed by atoms with E-state index in [9.17, 15) is 19.1 Å². The summed E-state index contributed by atoms with van der Waals surface area (Å²) in [6.45, 7) is 2.82. The molecule has 13 heteroatoms. The molecule has 2 aromatic carbocycles. The minimum Gasteiger partial charge on any atom is -0.478 e. The number of rotatable bonds is 10. The standard InChI is InChI=1S/C33H28ClF2N5O5/c1-17-8-18(11-29-40-31-25(36)9-19(33(43)44)10-28(31)41(29)15-21-6-7-45-21)24(35)12-22(17)26-4-3-5-30(39-26)46-16-20-14-38-27(13-23(20)34)32(42)37-2/h3-5,8-10,12-14,21H,6-7,11,15-16H2,1-2H3,(H,37,42)(H,43,44)/t21-/m0/s1. The van der Waals surface area contributed by atoms with Crippen molar-refractivity contribution in [3.8, 4) is 17.1 Å². The molecular weight excluding hydrogens is 620 g/mol. The van der Waals surface area contributed by atoms with Gasteiger partial charge in [0.05, 0.1) is 34.4 Å². The summed E-state index contributed by atoms with van der Waals surface area (Å²) >= 11 is 6.31. The van der Waals surface area contributed by atoms with Gasteiger partial charge in [0, 0.05) is 43.5 Å². The van der Waals surface area contributed by atoms with E-state index in [2.05, 4.69) is 20.3 Å². The van der Waals surface area contributed by atoms with Gasteiger partial charge >= 0.3 is 5.97 Å². The highest BCUT2D eigenvalue weighted by atomic mass is 35.5. The number of amides is 1. The number of aromatic nitrogens is 4. The summed E-state index contributed by atoms with van der Waals surface area (Å²) < 4.78 is 43.7. The number of fused-ring (bicyclic) bond motifs is 1. The van der Waals surface area contributed by atoms with Crippen LogP contribution in [-0.2, 0) is 24.3 Å². The number of carboxylic acids is 1. The van der Waals surface area contributed by atoms with Gasteiger partial charge in [0.2, 0.25) is 5.88 Å². The third-order valence-corrected chi connectivity index (χ3v) is 8.17. The largest absolute Gasteiger partial charge is 0.478 e. The van der Waals surface area contributed by atoms with Gasteiger partial charge in [-0.2, -0.15) is 0 Å². The van der Waals surface area contributed by atoms with Crippen LogP contribution < -0.4 is 10.1 Å². The molecule has 0 bridgehead atoms. The summed E-state index contributed by atoms with van der Waals surface area (Å²) in [5, 5.41) is 12.3. The van der Waals surface area contributed by atoms with Crippen molar-refractivity contribution in [3.63, 3.8) is 0 Å². The van der Waals surface area contributed by atoms with E-state index >= 15 is 4.39 Å². The van der Waals surface area contributed by atoms with Crippen LogP contribution in [0.15, 0.2) is 54.7 Å². The van der Waals surface area contributed by atoms with Crippen LogP contribution in [0.1, 0.15) is 49.8 Å². The van der Waals surface area contributed by atoms with E-state index < -0.39 is 17.6 Å². The average Bonchev–Trinajstić information content (AvgIpc) is 3.36. The first-order chi connectivity index (χ1) is 22.1. The van der Waals surface area contributed by atoms with Gasteiger partial charge in [-0.25, -0.2) is 23.5 Å². The molecular formula is C33H28ClF2N5O5. The Bertz CT molecular complexity index is 2000. The van der Waals surface area contributed by atoms with Crippen LogP contribution in [0, 0.1) is 18.6 Å². The number of benzene rings is 2. The quantitative estimate of drug-likeness (QED) is 0.196. The number of ether oxygens (including phenoxy) is 2. The van der Waals surface area contributed by atoms with Crippen LogP contribution in [-0.4, -0.2) is 56.3 Å². The number of hydrogen-bond acceptors (Lipinski definition) is 7. The van der Waals surface area contributed by atoms with E-state index in [1.807, 2.05) is 6.92 Å². The molecule has 1 aliphatic heterocycles. The minimum atomic E-state index is -1.26. The molecule has 1 fully saturated rings. The Morgan fingerprint density at radius 1 is 1.13 bits per heavy atom. The van der Waals surface area contributed by atoms with Crippen molar-refractivity contribution < 1.29 is 33.0 Å². The number of pyridine rings is 2. The van der Waals surface area contributed by atoms with Gasteiger partial charge in [0.15, 0.2) is 5.82 Å². The summed E-state index contributed by atoms with van der Waals surface area (Å²) in [5.41, 5.74) is 2.99. The van der Waals surface area contributed by atoms with Crippen molar-refractivity contribution in [1.82, 2.24) is 24.8 Å². The summed E-state index contributed by atoms with van der Waals surface area (Å²) in [5.74, 6) is -2.21. The molecule has 1 atom stereocenters. The second-order valence-corrected chi connectivity index (χ2v) is 11.3. The summed E-state index contributed by atoms with van der Waals surface area (Å²) in [6.07, 6.45) is 2.17. The highest BCUT2D eigenvalue weighted by molar-refractivity contribution is 6.31. The Morgan fingerprint density at radius 2 is 1.93 bits per heavy atom. The van der Waals surface area contributed by atoms with Crippen molar-refractivity contribution in [2.24, 2.45) is 0 Å². The number of carboxylic acid groups (broad SMARTS) is 1. The number of aromatic carboxylic acids is 1. The Morgan fingerprint density at radius 3 is 2.63 bits per heavy atom. The second-order valence-electron chi connectivity index (χ2n) is 10.9. The van der Waals surface area contributed by atoms with Crippen molar-refractivity contribution in [2.75, 3.05) is 13.7 Å². The average molecular weight is 648 g/mol. The lowest BCUT2D eigenvalue weighted by Crippen LogP contribution is -2.31. The molecule has 236 valence electrons. The molecule has 5 aromatic rings. The van der Waals surface area contributed by atoms with Gasteiger partial charge in [-0.05, 0) is 54.8 Å². The fourth-order valence-electron chi connectivity index (χ4n) is 5.26. The minimum absolute atomic E-state index is 0.0218. The van der Waals surface area contributed by atoms with E-state index in [1.165, 1.54) is 31.4 Å². The molecule has 0 unspecified atom stereocenters. The van der Waals surface area contributed by atoms with Gasteiger partial charge in [0.1, 0.15) is 29.5 Å². The number of hydrogen-bond donors (Lipinski definition) is 2. The van der Waals surface area contributed by atoms with E-state index in [0.29, 0.717) is 51.9 Å². The zero-order chi connectivity index (χ0) is 32.5. The number of carbonyl (C=O) groups is 2. The topological polar surface area (TPSA) is 128 Å². The SMILES string of the molecule is CNC(=O)c1cc(Cl)c(COc2cccc(-c3cc(F)c(Cc4nc5c(F)cc(C(=O)O)cc5n4C[C@@H]4CCO4)cc3C)n2)cn1. The van der Waals surface area contributed by atoms with E-state index in [-0.39, 0.29) is 47.7 Å². The molecule has 2 N–H and O–H groups in total. The molecule has 0 radical (unpaired) electrons. The molecule has 1 saturated heterocycles. The zero-order valence-corrected chi connectivity index (χ0v) is 25.6. The van der Waals surface area contributed by atoms with E-state index in [4.69, 9.17) is 21.1 Å². The van der Waals surface area contributed by atoms with Crippen molar-refractivity contribution in [3.05, 3.63) is 105 Å². The van der Waals surface area contributed by atoms with Crippen LogP contribution in [0.25, 0.3) is 22.3 Å². The highest BCUT2D eigenvalue weighted by Gasteiger charge is 2.25. The smallest absolute Gasteiger partial charge is 0.335 e. The fraction of sp³-hybridized carbons (Fsp3) is 0.242. The molecule has 1 amide bonds. The normalized spacial score (nSPS) is 14.2. The maximum Gasteiger partial charge on any atom is 0.335 e. The number of carbonyl (C=O) groups excluding carboxylic acids is 1. The highest BCUT2D eigenvalue weighted by Crippen LogP contribution is 2.30. The van der Waals surface area contributed by atoms with Crippen LogP contribution in [0.4, 0.5) is 8.78 Å². The lowest BCUT2D eigenvalue weighted by molar-refractivity contribution is -0.0589.